The lowest BCUT2D eigenvalue weighted by Crippen LogP contribution is -2.46. The summed E-state index contributed by atoms with van der Waals surface area (Å²) in [7, 11) is 0. The summed E-state index contributed by atoms with van der Waals surface area (Å²) in [5, 5.41) is 16.9. The summed E-state index contributed by atoms with van der Waals surface area (Å²) in [4.78, 5) is 8.32. The lowest BCUT2D eigenvalue weighted by atomic mass is 9.95. The van der Waals surface area contributed by atoms with Crippen molar-refractivity contribution in [3.8, 4) is 0 Å². The molecular weight excluding hydrogens is 513 g/mol. The fourth-order valence-electron chi connectivity index (χ4n) is 5.41. The van der Waals surface area contributed by atoms with Gasteiger partial charge in [-0.25, -0.2) is 0 Å². The maximum atomic E-state index is 4.95. The molecule has 2 fully saturated rings. The van der Waals surface area contributed by atoms with E-state index >= 15 is 0 Å². The normalized spacial score (nSPS) is 22.3. The van der Waals surface area contributed by atoms with Crippen molar-refractivity contribution in [2.75, 3.05) is 13.1 Å². The van der Waals surface area contributed by atoms with Gasteiger partial charge < -0.3 is 20.2 Å². The number of para-hydroxylation sites is 1. The summed E-state index contributed by atoms with van der Waals surface area (Å²) in [5.74, 6) is 3.71. The number of aliphatic imine (C=N–C) groups is 1. The van der Waals surface area contributed by atoms with Crippen molar-refractivity contribution in [2.45, 2.75) is 58.0 Å². The highest BCUT2D eigenvalue weighted by atomic mass is 127. The van der Waals surface area contributed by atoms with E-state index in [0.29, 0.717) is 6.04 Å². The molecule has 0 spiro atoms. The van der Waals surface area contributed by atoms with Crippen LogP contribution < -0.4 is 10.6 Å². The predicted octanol–water partition coefficient (Wildman–Crippen LogP) is 3.91. The first kappa shape index (κ1) is 23.1. The highest BCUT2D eigenvalue weighted by Crippen LogP contribution is 2.44. The van der Waals surface area contributed by atoms with Crippen molar-refractivity contribution in [3.05, 3.63) is 48.2 Å². The lowest BCUT2D eigenvalue weighted by molar-refractivity contribution is 0.387. The molecule has 2 saturated carbocycles. The molecule has 2 bridgehead atoms. The number of fused-ring (bicyclic) bond motifs is 3. The van der Waals surface area contributed by atoms with Gasteiger partial charge in [-0.05, 0) is 49.1 Å². The van der Waals surface area contributed by atoms with Crippen LogP contribution in [0.3, 0.4) is 0 Å². The molecule has 2 heterocycles. The van der Waals surface area contributed by atoms with E-state index in [2.05, 4.69) is 67.8 Å². The SMILES string of the molecule is CCc1nncn1CCNC(=NCCc1c[nH]c2ccccc12)NC1CC2CCC1C2.I. The Labute approximate surface area is 206 Å². The number of halogens is 1. The summed E-state index contributed by atoms with van der Waals surface area (Å²) >= 11 is 0. The molecule has 3 aromatic rings. The van der Waals surface area contributed by atoms with E-state index in [1.54, 1.807) is 0 Å². The monoisotopic (exact) mass is 547 g/mol. The van der Waals surface area contributed by atoms with Crippen LogP contribution >= 0.6 is 24.0 Å². The molecule has 3 unspecified atom stereocenters. The van der Waals surface area contributed by atoms with Gasteiger partial charge in [0.1, 0.15) is 12.2 Å². The summed E-state index contributed by atoms with van der Waals surface area (Å²) in [5.41, 5.74) is 2.52. The van der Waals surface area contributed by atoms with Crippen LogP contribution in [0.25, 0.3) is 10.9 Å². The molecule has 2 aromatic heterocycles. The molecule has 2 aliphatic carbocycles. The van der Waals surface area contributed by atoms with E-state index < -0.39 is 0 Å². The highest BCUT2D eigenvalue weighted by Gasteiger charge is 2.39. The van der Waals surface area contributed by atoms with Crippen molar-refractivity contribution in [1.29, 1.82) is 0 Å². The maximum Gasteiger partial charge on any atom is 0.191 e. The Morgan fingerprint density at radius 2 is 2.16 bits per heavy atom. The first-order chi connectivity index (χ1) is 15.3. The zero-order valence-electron chi connectivity index (χ0n) is 18.8. The van der Waals surface area contributed by atoms with Gasteiger partial charge in [0.15, 0.2) is 5.96 Å². The predicted molar refractivity (Wildman–Crippen MR) is 139 cm³/mol. The summed E-state index contributed by atoms with van der Waals surface area (Å²) < 4.78 is 2.12. The minimum Gasteiger partial charge on any atom is -0.361 e. The molecule has 1 aromatic carbocycles. The van der Waals surface area contributed by atoms with Gasteiger partial charge in [0.05, 0.1) is 0 Å². The number of aromatic amines is 1. The van der Waals surface area contributed by atoms with Crippen LogP contribution in [0.5, 0.6) is 0 Å². The fraction of sp³-hybridized carbons (Fsp3) is 0.542. The number of rotatable bonds is 8. The van der Waals surface area contributed by atoms with Gasteiger partial charge in [-0.15, -0.1) is 34.2 Å². The fourth-order valence-corrected chi connectivity index (χ4v) is 5.41. The Morgan fingerprint density at radius 3 is 2.97 bits per heavy atom. The van der Waals surface area contributed by atoms with Crippen LogP contribution in [0.15, 0.2) is 41.8 Å². The minimum atomic E-state index is 0. The number of benzene rings is 1. The van der Waals surface area contributed by atoms with Crippen LogP contribution in [-0.2, 0) is 19.4 Å². The smallest absolute Gasteiger partial charge is 0.191 e. The van der Waals surface area contributed by atoms with Crippen LogP contribution in [0.1, 0.15) is 44.0 Å². The third-order valence-electron chi connectivity index (χ3n) is 7.04. The zero-order valence-corrected chi connectivity index (χ0v) is 21.1. The van der Waals surface area contributed by atoms with E-state index in [0.717, 1.165) is 56.1 Å². The number of nitrogens with zero attached hydrogens (tertiary/aromatic N) is 4. The number of nitrogens with one attached hydrogen (secondary N) is 3. The van der Waals surface area contributed by atoms with Crippen LogP contribution in [-0.4, -0.2) is 44.8 Å². The molecule has 172 valence electrons. The van der Waals surface area contributed by atoms with Gasteiger partial charge in [0.25, 0.3) is 0 Å². The molecule has 0 amide bonds. The van der Waals surface area contributed by atoms with Gasteiger partial charge in [-0.3, -0.25) is 4.99 Å². The first-order valence-electron chi connectivity index (χ1n) is 11.8. The minimum absolute atomic E-state index is 0. The topological polar surface area (TPSA) is 82.9 Å². The number of guanidine groups is 1. The third kappa shape index (κ3) is 5.10. The zero-order chi connectivity index (χ0) is 21.0. The molecule has 7 nitrogen and oxygen atoms in total. The number of aromatic nitrogens is 4. The van der Waals surface area contributed by atoms with E-state index in [9.17, 15) is 0 Å². The number of hydrogen-bond donors (Lipinski definition) is 3. The Hall–Kier alpha value is -2.10. The van der Waals surface area contributed by atoms with Crippen molar-refractivity contribution >= 4 is 40.8 Å². The number of aryl methyl sites for hydroxylation is 1. The van der Waals surface area contributed by atoms with Gasteiger partial charge in [0.2, 0.25) is 0 Å². The summed E-state index contributed by atoms with van der Waals surface area (Å²) in [6, 6.07) is 9.05. The summed E-state index contributed by atoms with van der Waals surface area (Å²) in [6.45, 7) is 4.54. The highest BCUT2D eigenvalue weighted by molar-refractivity contribution is 14.0. The molecule has 3 N–H and O–H groups in total. The molecule has 0 aliphatic heterocycles. The van der Waals surface area contributed by atoms with Gasteiger partial charge in [-0.1, -0.05) is 31.5 Å². The van der Waals surface area contributed by atoms with E-state index in [4.69, 9.17) is 4.99 Å². The molecule has 0 radical (unpaired) electrons. The lowest BCUT2D eigenvalue weighted by Gasteiger charge is -2.25. The molecular formula is C24H34IN7. The maximum absolute atomic E-state index is 4.95. The van der Waals surface area contributed by atoms with Crippen LogP contribution in [0, 0.1) is 11.8 Å². The van der Waals surface area contributed by atoms with Crippen molar-refractivity contribution in [2.24, 2.45) is 16.8 Å². The van der Waals surface area contributed by atoms with Crippen LogP contribution in [0.2, 0.25) is 0 Å². The number of hydrogen-bond acceptors (Lipinski definition) is 3. The molecule has 0 saturated heterocycles. The molecule has 2 aliphatic rings. The van der Waals surface area contributed by atoms with Gasteiger partial charge >= 0.3 is 0 Å². The third-order valence-corrected chi connectivity index (χ3v) is 7.04. The van der Waals surface area contributed by atoms with Gasteiger partial charge in [0, 0.05) is 49.2 Å². The average molecular weight is 547 g/mol. The second-order valence-corrected chi connectivity index (χ2v) is 8.99. The largest absolute Gasteiger partial charge is 0.361 e. The van der Waals surface area contributed by atoms with E-state index in [1.165, 1.54) is 42.1 Å². The quantitative estimate of drug-likeness (QED) is 0.227. The standard InChI is InChI=1S/C24H33N7.HI/c1-2-23-30-28-16-31(23)12-11-26-24(29-22-14-17-7-8-18(22)13-17)25-10-9-19-15-27-21-6-4-3-5-20(19)21;/h3-6,15-18,22,27H,2,7-14H2,1H3,(H2,25,26,29);1H. The summed E-state index contributed by atoms with van der Waals surface area (Å²) in [6.07, 6.45) is 11.2. The van der Waals surface area contributed by atoms with E-state index in [-0.39, 0.29) is 24.0 Å². The van der Waals surface area contributed by atoms with Crippen LogP contribution in [0.4, 0.5) is 0 Å². The molecule has 5 rings (SSSR count). The Kier molecular flexibility index (Phi) is 7.70. The van der Waals surface area contributed by atoms with E-state index in [1.807, 2.05) is 6.33 Å². The molecule has 32 heavy (non-hydrogen) atoms. The second-order valence-electron chi connectivity index (χ2n) is 8.99. The number of H-pyrrole nitrogens is 1. The second kappa shape index (κ2) is 10.7. The molecule has 8 heteroatoms. The average Bonchev–Trinajstić information content (AvgIpc) is 3.58. The molecule has 3 atom stereocenters. The first-order valence-corrected chi connectivity index (χ1v) is 11.8. The van der Waals surface area contributed by atoms with Crippen molar-refractivity contribution in [1.82, 2.24) is 30.4 Å². The Bertz CT molecular complexity index is 1040. The van der Waals surface area contributed by atoms with Crippen molar-refractivity contribution in [3.63, 3.8) is 0 Å². The Morgan fingerprint density at radius 1 is 1.25 bits per heavy atom. The van der Waals surface area contributed by atoms with Gasteiger partial charge in [-0.2, -0.15) is 0 Å². The van der Waals surface area contributed by atoms with Crippen molar-refractivity contribution < 1.29 is 0 Å². The Balaban J connectivity index is 0.00000245.